The van der Waals surface area contributed by atoms with Gasteiger partial charge in [-0.1, -0.05) is 37.6 Å². The summed E-state index contributed by atoms with van der Waals surface area (Å²) >= 11 is 5.99. The van der Waals surface area contributed by atoms with Crippen molar-refractivity contribution in [2.45, 2.75) is 46.7 Å². The van der Waals surface area contributed by atoms with Crippen molar-refractivity contribution in [3.63, 3.8) is 0 Å². The van der Waals surface area contributed by atoms with Crippen molar-refractivity contribution in [3.8, 4) is 0 Å². The molecule has 2 heteroatoms. The Morgan fingerprint density at radius 3 is 2.53 bits per heavy atom. The Kier molecular flexibility index (Phi) is 6.01. The molecule has 0 saturated heterocycles. The van der Waals surface area contributed by atoms with Gasteiger partial charge in [0.25, 0.3) is 0 Å². The molecule has 0 aliphatic carbocycles. The Morgan fingerprint density at radius 1 is 1.24 bits per heavy atom. The number of rotatable bonds is 6. The molecule has 0 amide bonds. The smallest absolute Gasteiger partial charge is 0.0377 e. The van der Waals surface area contributed by atoms with Gasteiger partial charge in [0.15, 0.2) is 0 Å². The second-order valence-corrected chi connectivity index (χ2v) is 5.60. The van der Waals surface area contributed by atoms with Crippen LogP contribution in [-0.2, 0) is 6.54 Å². The van der Waals surface area contributed by atoms with Gasteiger partial charge < -0.3 is 5.32 Å². The van der Waals surface area contributed by atoms with Gasteiger partial charge in [-0.15, -0.1) is 11.6 Å². The average Bonchev–Trinajstić information content (AvgIpc) is 2.28. The molecule has 0 fully saturated rings. The predicted molar refractivity (Wildman–Crippen MR) is 76.7 cm³/mol. The van der Waals surface area contributed by atoms with Gasteiger partial charge in [-0.2, -0.15) is 0 Å². The Hall–Kier alpha value is -0.530. The van der Waals surface area contributed by atoms with Crippen molar-refractivity contribution in [3.05, 3.63) is 34.9 Å². The fourth-order valence-electron chi connectivity index (χ4n) is 2.01. The summed E-state index contributed by atoms with van der Waals surface area (Å²) in [7, 11) is 0. The van der Waals surface area contributed by atoms with E-state index in [1.54, 1.807) is 0 Å². The van der Waals surface area contributed by atoms with E-state index in [1.165, 1.54) is 16.7 Å². The second kappa shape index (κ2) is 7.03. The van der Waals surface area contributed by atoms with Crippen molar-refractivity contribution >= 4 is 11.6 Å². The summed E-state index contributed by atoms with van der Waals surface area (Å²) in [6.07, 6.45) is 1.13. The van der Waals surface area contributed by atoms with Gasteiger partial charge in [0.05, 0.1) is 0 Å². The van der Waals surface area contributed by atoms with Gasteiger partial charge >= 0.3 is 0 Å². The third-order valence-corrected chi connectivity index (χ3v) is 3.40. The maximum Gasteiger partial charge on any atom is 0.0377 e. The molecule has 0 bridgehead atoms. The Balaban J connectivity index is 2.56. The van der Waals surface area contributed by atoms with Crippen molar-refractivity contribution in [1.29, 1.82) is 0 Å². The van der Waals surface area contributed by atoms with E-state index >= 15 is 0 Å². The van der Waals surface area contributed by atoms with Crippen LogP contribution in [0.2, 0.25) is 0 Å². The third kappa shape index (κ3) is 5.10. The van der Waals surface area contributed by atoms with Gasteiger partial charge in [0.2, 0.25) is 0 Å². The first kappa shape index (κ1) is 14.5. The van der Waals surface area contributed by atoms with E-state index in [0.717, 1.165) is 13.0 Å². The zero-order valence-electron chi connectivity index (χ0n) is 11.4. The van der Waals surface area contributed by atoms with E-state index in [9.17, 15) is 0 Å². The van der Waals surface area contributed by atoms with Crippen LogP contribution in [0.3, 0.4) is 0 Å². The summed E-state index contributed by atoms with van der Waals surface area (Å²) < 4.78 is 0. The standard InChI is InChI=1S/C15H24ClN/c1-11(2)7-15(9-16)17-10-14-8-12(3)5-6-13(14)4/h5-6,8,11,15,17H,7,9-10H2,1-4H3. The molecule has 1 N–H and O–H groups in total. The van der Waals surface area contributed by atoms with Crippen LogP contribution in [0.4, 0.5) is 0 Å². The van der Waals surface area contributed by atoms with Gasteiger partial charge in [-0.05, 0) is 37.3 Å². The Morgan fingerprint density at radius 2 is 1.94 bits per heavy atom. The molecule has 0 heterocycles. The van der Waals surface area contributed by atoms with Crippen LogP contribution in [0.5, 0.6) is 0 Å². The first-order valence-corrected chi connectivity index (χ1v) is 6.92. The molecule has 1 nitrogen and oxygen atoms in total. The number of aryl methyl sites for hydroxylation is 2. The minimum Gasteiger partial charge on any atom is -0.309 e. The zero-order valence-corrected chi connectivity index (χ0v) is 12.1. The molecule has 0 saturated carbocycles. The van der Waals surface area contributed by atoms with Crippen LogP contribution in [0.15, 0.2) is 18.2 Å². The van der Waals surface area contributed by atoms with E-state index in [-0.39, 0.29) is 0 Å². The molecule has 1 rings (SSSR count). The highest BCUT2D eigenvalue weighted by atomic mass is 35.5. The molecular weight excluding hydrogens is 230 g/mol. The zero-order chi connectivity index (χ0) is 12.8. The molecule has 1 aromatic carbocycles. The maximum atomic E-state index is 5.99. The van der Waals surface area contributed by atoms with Gasteiger partial charge in [0, 0.05) is 18.5 Å². The van der Waals surface area contributed by atoms with Crippen molar-refractivity contribution in [2.24, 2.45) is 5.92 Å². The van der Waals surface area contributed by atoms with Gasteiger partial charge in [0.1, 0.15) is 0 Å². The molecule has 96 valence electrons. The monoisotopic (exact) mass is 253 g/mol. The lowest BCUT2D eigenvalue weighted by Crippen LogP contribution is -2.31. The molecule has 0 spiro atoms. The molecule has 0 aliphatic rings. The van der Waals surface area contributed by atoms with Crippen LogP contribution in [-0.4, -0.2) is 11.9 Å². The molecule has 1 aromatic rings. The number of hydrogen-bond donors (Lipinski definition) is 1. The van der Waals surface area contributed by atoms with Crippen LogP contribution in [0, 0.1) is 19.8 Å². The van der Waals surface area contributed by atoms with Crippen LogP contribution in [0.25, 0.3) is 0 Å². The highest BCUT2D eigenvalue weighted by Gasteiger charge is 2.09. The lowest BCUT2D eigenvalue weighted by atomic mass is 10.0. The minimum atomic E-state index is 0.413. The molecule has 1 unspecified atom stereocenters. The number of benzene rings is 1. The SMILES string of the molecule is Cc1ccc(C)c(CNC(CCl)CC(C)C)c1. The maximum absolute atomic E-state index is 5.99. The minimum absolute atomic E-state index is 0.413. The summed E-state index contributed by atoms with van der Waals surface area (Å²) in [5, 5.41) is 3.55. The summed E-state index contributed by atoms with van der Waals surface area (Å²) in [6, 6.07) is 7.01. The number of nitrogens with one attached hydrogen (secondary N) is 1. The first-order valence-electron chi connectivity index (χ1n) is 6.38. The van der Waals surface area contributed by atoms with Crippen molar-refractivity contribution in [1.82, 2.24) is 5.32 Å². The normalized spacial score (nSPS) is 13.1. The van der Waals surface area contributed by atoms with E-state index in [4.69, 9.17) is 11.6 Å². The van der Waals surface area contributed by atoms with Crippen molar-refractivity contribution < 1.29 is 0 Å². The summed E-state index contributed by atoms with van der Waals surface area (Å²) in [6.45, 7) is 9.68. The van der Waals surface area contributed by atoms with E-state index in [1.807, 2.05) is 0 Å². The van der Waals surface area contributed by atoms with E-state index in [0.29, 0.717) is 17.8 Å². The Bertz CT molecular complexity index is 347. The summed E-state index contributed by atoms with van der Waals surface area (Å²) in [4.78, 5) is 0. The predicted octanol–water partition coefficient (Wildman–Crippen LogP) is 4.05. The largest absolute Gasteiger partial charge is 0.309 e. The molecule has 17 heavy (non-hydrogen) atoms. The number of alkyl halides is 1. The topological polar surface area (TPSA) is 12.0 Å². The average molecular weight is 254 g/mol. The highest BCUT2D eigenvalue weighted by Crippen LogP contribution is 2.12. The number of halogens is 1. The second-order valence-electron chi connectivity index (χ2n) is 5.29. The fourth-order valence-corrected chi connectivity index (χ4v) is 2.25. The molecule has 0 aromatic heterocycles. The van der Waals surface area contributed by atoms with Gasteiger partial charge in [-0.3, -0.25) is 0 Å². The summed E-state index contributed by atoms with van der Waals surface area (Å²) in [5.41, 5.74) is 4.04. The lowest BCUT2D eigenvalue weighted by molar-refractivity contribution is 0.444. The van der Waals surface area contributed by atoms with E-state index in [2.05, 4.69) is 51.2 Å². The van der Waals surface area contributed by atoms with Crippen LogP contribution < -0.4 is 5.32 Å². The Labute approximate surface area is 111 Å². The van der Waals surface area contributed by atoms with Crippen LogP contribution >= 0.6 is 11.6 Å². The lowest BCUT2D eigenvalue weighted by Gasteiger charge is -2.19. The van der Waals surface area contributed by atoms with Crippen molar-refractivity contribution in [2.75, 3.05) is 5.88 Å². The molecule has 0 aliphatic heterocycles. The highest BCUT2D eigenvalue weighted by molar-refractivity contribution is 6.18. The number of hydrogen-bond acceptors (Lipinski definition) is 1. The molecule has 0 radical (unpaired) electrons. The quantitative estimate of drug-likeness (QED) is 0.755. The van der Waals surface area contributed by atoms with E-state index < -0.39 is 0 Å². The fraction of sp³-hybridized carbons (Fsp3) is 0.600. The van der Waals surface area contributed by atoms with Gasteiger partial charge in [-0.25, -0.2) is 0 Å². The van der Waals surface area contributed by atoms with Crippen LogP contribution in [0.1, 0.15) is 37.0 Å². The first-order chi connectivity index (χ1) is 8.02. The third-order valence-electron chi connectivity index (χ3n) is 3.03. The molecule has 1 atom stereocenters. The summed E-state index contributed by atoms with van der Waals surface area (Å²) in [5.74, 6) is 1.37. The molecular formula is C15H24ClN.